The van der Waals surface area contributed by atoms with Crippen LogP contribution in [0.3, 0.4) is 0 Å². The Morgan fingerprint density at radius 2 is 2.33 bits per heavy atom. The monoisotopic (exact) mass is 265 g/mol. The Bertz CT molecular complexity index is 630. The van der Waals surface area contributed by atoms with E-state index in [1.165, 1.54) is 6.92 Å². The molecule has 0 fully saturated rings. The van der Waals surface area contributed by atoms with Gasteiger partial charge < -0.3 is 19.6 Å². The van der Waals surface area contributed by atoms with E-state index in [2.05, 4.69) is 10.3 Å². The number of fused-ring (bicyclic) bond motifs is 1. The summed E-state index contributed by atoms with van der Waals surface area (Å²) in [5.74, 6) is 0.718. The van der Waals surface area contributed by atoms with Crippen LogP contribution >= 0.6 is 12.2 Å². The van der Waals surface area contributed by atoms with Gasteiger partial charge in [0.15, 0.2) is 4.77 Å². The Labute approximate surface area is 110 Å². The van der Waals surface area contributed by atoms with Crippen molar-refractivity contribution in [3.8, 4) is 5.75 Å². The van der Waals surface area contributed by atoms with E-state index in [0.717, 1.165) is 16.8 Å². The molecule has 1 amide bonds. The number of imidazole rings is 1. The van der Waals surface area contributed by atoms with E-state index in [0.29, 0.717) is 17.9 Å². The number of ether oxygens (including phenoxy) is 1. The first-order chi connectivity index (χ1) is 8.63. The number of carbonyl (C=O) groups is 1. The van der Waals surface area contributed by atoms with Gasteiger partial charge in [0.2, 0.25) is 5.91 Å². The molecule has 0 radical (unpaired) electrons. The fraction of sp³-hybridized carbons (Fsp3) is 0.333. The molecule has 2 rings (SSSR count). The van der Waals surface area contributed by atoms with Crippen molar-refractivity contribution in [2.24, 2.45) is 0 Å². The summed E-state index contributed by atoms with van der Waals surface area (Å²) in [6.45, 7) is 2.68. The van der Waals surface area contributed by atoms with Gasteiger partial charge in [-0.1, -0.05) is 6.07 Å². The summed E-state index contributed by atoms with van der Waals surface area (Å²) in [7, 11) is 1.63. The average molecular weight is 265 g/mol. The van der Waals surface area contributed by atoms with Crippen molar-refractivity contribution in [1.82, 2.24) is 14.9 Å². The van der Waals surface area contributed by atoms with Gasteiger partial charge in [0, 0.05) is 20.0 Å². The van der Waals surface area contributed by atoms with E-state index < -0.39 is 0 Å². The first-order valence-electron chi connectivity index (χ1n) is 5.63. The third-order valence-electron chi connectivity index (χ3n) is 2.70. The number of amides is 1. The minimum absolute atomic E-state index is 0.0426. The van der Waals surface area contributed by atoms with Crippen molar-refractivity contribution in [2.45, 2.75) is 13.5 Å². The molecule has 1 aromatic carbocycles. The Morgan fingerprint density at radius 1 is 1.56 bits per heavy atom. The van der Waals surface area contributed by atoms with Crippen LogP contribution in [0, 0.1) is 4.77 Å². The fourth-order valence-corrected chi connectivity index (χ4v) is 2.18. The van der Waals surface area contributed by atoms with E-state index in [-0.39, 0.29) is 5.91 Å². The molecule has 1 heterocycles. The topological polar surface area (TPSA) is 59.0 Å². The maximum Gasteiger partial charge on any atom is 0.216 e. The summed E-state index contributed by atoms with van der Waals surface area (Å²) in [5.41, 5.74) is 1.86. The number of aromatic nitrogens is 2. The number of H-pyrrole nitrogens is 1. The van der Waals surface area contributed by atoms with Crippen LogP contribution in [-0.2, 0) is 11.3 Å². The zero-order valence-electron chi connectivity index (χ0n) is 10.3. The van der Waals surface area contributed by atoms with Crippen LogP contribution in [0.1, 0.15) is 6.92 Å². The second kappa shape index (κ2) is 5.22. The number of nitrogens with zero attached hydrogens (tertiary/aromatic N) is 1. The molecule has 0 aliphatic rings. The van der Waals surface area contributed by atoms with Gasteiger partial charge in [-0.25, -0.2) is 0 Å². The number of methoxy groups -OCH3 is 1. The normalized spacial score (nSPS) is 10.6. The van der Waals surface area contributed by atoms with Crippen molar-refractivity contribution in [3.05, 3.63) is 23.0 Å². The summed E-state index contributed by atoms with van der Waals surface area (Å²) in [6, 6.07) is 5.77. The van der Waals surface area contributed by atoms with Crippen LogP contribution in [0.25, 0.3) is 11.0 Å². The van der Waals surface area contributed by atoms with Crippen molar-refractivity contribution in [3.63, 3.8) is 0 Å². The lowest BCUT2D eigenvalue weighted by molar-refractivity contribution is -0.118. The van der Waals surface area contributed by atoms with Crippen molar-refractivity contribution >= 4 is 29.2 Å². The molecule has 1 aromatic heterocycles. The molecule has 0 unspecified atom stereocenters. The van der Waals surface area contributed by atoms with Gasteiger partial charge in [-0.2, -0.15) is 0 Å². The SMILES string of the molecule is COc1cccc2c1[nH]c(=S)n2CCNC(C)=O. The van der Waals surface area contributed by atoms with Crippen LogP contribution in [0.15, 0.2) is 18.2 Å². The zero-order valence-corrected chi connectivity index (χ0v) is 11.1. The lowest BCUT2D eigenvalue weighted by Crippen LogP contribution is -2.24. The number of rotatable bonds is 4. The van der Waals surface area contributed by atoms with Gasteiger partial charge >= 0.3 is 0 Å². The molecule has 6 heteroatoms. The minimum Gasteiger partial charge on any atom is -0.494 e. The first kappa shape index (κ1) is 12.6. The average Bonchev–Trinajstić information content (AvgIpc) is 2.65. The Balaban J connectivity index is 2.36. The number of hydrogen-bond donors (Lipinski definition) is 2. The van der Waals surface area contributed by atoms with Crippen LogP contribution < -0.4 is 10.1 Å². The highest BCUT2D eigenvalue weighted by Gasteiger charge is 2.08. The predicted molar refractivity (Wildman–Crippen MR) is 72.4 cm³/mol. The van der Waals surface area contributed by atoms with Gasteiger partial charge in [-0.05, 0) is 24.4 Å². The minimum atomic E-state index is -0.0426. The summed E-state index contributed by atoms with van der Waals surface area (Å²) in [4.78, 5) is 14.0. The maximum absolute atomic E-state index is 10.8. The Hall–Kier alpha value is -1.82. The van der Waals surface area contributed by atoms with Crippen molar-refractivity contribution < 1.29 is 9.53 Å². The van der Waals surface area contributed by atoms with Crippen LogP contribution in [-0.4, -0.2) is 29.1 Å². The third kappa shape index (κ3) is 2.38. The molecule has 96 valence electrons. The molecule has 2 N–H and O–H groups in total. The maximum atomic E-state index is 10.8. The molecule has 0 saturated heterocycles. The molecule has 0 aliphatic carbocycles. The summed E-state index contributed by atoms with van der Waals surface area (Å²) < 4.78 is 7.85. The number of nitrogens with one attached hydrogen (secondary N) is 2. The quantitative estimate of drug-likeness (QED) is 0.829. The van der Waals surface area contributed by atoms with Crippen molar-refractivity contribution in [1.29, 1.82) is 0 Å². The van der Waals surface area contributed by atoms with Gasteiger partial charge in [-0.15, -0.1) is 0 Å². The van der Waals surface area contributed by atoms with E-state index in [1.54, 1.807) is 7.11 Å². The Morgan fingerprint density at radius 3 is 3.00 bits per heavy atom. The molecule has 0 aliphatic heterocycles. The standard InChI is InChI=1S/C12H15N3O2S/c1-8(16)13-6-7-15-9-4-3-5-10(17-2)11(9)14-12(15)18/h3-5H,6-7H2,1-2H3,(H,13,16)(H,14,18). The second-order valence-electron chi connectivity index (χ2n) is 3.92. The van der Waals surface area contributed by atoms with Gasteiger partial charge in [0.1, 0.15) is 11.3 Å². The second-order valence-corrected chi connectivity index (χ2v) is 4.31. The van der Waals surface area contributed by atoms with Crippen LogP contribution in [0.2, 0.25) is 0 Å². The Kier molecular flexibility index (Phi) is 3.66. The lowest BCUT2D eigenvalue weighted by atomic mass is 10.3. The molecular formula is C12H15N3O2S. The molecule has 18 heavy (non-hydrogen) atoms. The van der Waals surface area contributed by atoms with Gasteiger partial charge in [0.05, 0.1) is 12.6 Å². The highest BCUT2D eigenvalue weighted by atomic mass is 32.1. The van der Waals surface area contributed by atoms with Crippen LogP contribution in [0.5, 0.6) is 5.75 Å². The van der Waals surface area contributed by atoms with Crippen LogP contribution in [0.4, 0.5) is 0 Å². The molecule has 2 aromatic rings. The largest absolute Gasteiger partial charge is 0.494 e. The lowest BCUT2D eigenvalue weighted by Gasteiger charge is -2.06. The number of benzene rings is 1. The van der Waals surface area contributed by atoms with E-state index >= 15 is 0 Å². The predicted octanol–water partition coefficient (Wildman–Crippen LogP) is 1.84. The highest BCUT2D eigenvalue weighted by Crippen LogP contribution is 2.24. The van der Waals surface area contributed by atoms with E-state index in [1.807, 2.05) is 22.8 Å². The highest BCUT2D eigenvalue weighted by molar-refractivity contribution is 7.71. The first-order valence-corrected chi connectivity index (χ1v) is 6.04. The summed E-state index contributed by atoms with van der Waals surface area (Å²) in [6.07, 6.45) is 0. The van der Waals surface area contributed by atoms with E-state index in [4.69, 9.17) is 17.0 Å². The zero-order chi connectivity index (χ0) is 13.1. The molecule has 0 atom stereocenters. The number of para-hydroxylation sites is 1. The molecule has 0 saturated carbocycles. The summed E-state index contributed by atoms with van der Waals surface area (Å²) in [5, 5.41) is 2.75. The number of hydrogen-bond acceptors (Lipinski definition) is 3. The fourth-order valence-electron chi connectivity index (χ4n) is 1.89. The smallest absolute Gasteiger partial charge is 0.216 e. The molecule has 5 nitrogen and oxygen atoms in total. The number of aromatic amines is 1. The molecule has 0 bridgehead atoms. The van der Waals surface area contributed by atoms with E-state index in [9.17, 15) is 4.79 Å². The van der Waals surface area contributed by atoms with Gasteiger partial charge in [0.25, 0.3) is 0 Å². The summed E-state index contributed by atoms with van der Waals surface area (Å²) >= 11 is 5.28. The molecule has 0 spiro atoms. The van der Waals surface area contributed by atoms with Crippen molar-refractivity contribution in [2.75, 3.05) is 13.7 Å². The van der Waals surface area contributed by atoms with Gasteiger partial charge in [-0.3, -0.25) is 4.79 Å². The number of carbonyl (C=O) groups excluding carboxylic acids is 1. The third-order valence-corrected chi connectivity index (χ3v) is 3.02. The molecular weight excluding hydrogens is 250 g/mol.